The van der Waals surface area contributed by atoms with Crippen LogP contribution in [0.2, 0.25) is 0 Å². The topological polar surface area (TPSA) is 76.1 Å². The minimum Gasteiger partial charge on any atom is -0.490 e. The number of hydrogen-bond acceptors (Lipinski definition) is 4. The molecule has 6 nitrogen and oxygen atoms in total. The van der Waals surface area contributed by atoms with Crippen LogP contribution in [0.4, 0.5) is 5.82 Å². The lowest BCUT2D eigenvalue weighted by Crippen LogP contribution is -2.19. The first-order valence-electron chi connectivity index (χ1n) is 10.3. The van der Waals surface area contributed by atoms with Crippen molar-refractivity contribution in [3.63, 3.8) is 0 Å². The third-order valence-electron chi connectivity index (χ3n) is 5.60. The monoisotopic (exact) mass is 413 g/mol. The van der Waals surface area contributed by atoms with Gasteiger partial charge in [0.05, 0.1) is 22.6 Å². The molecule has 29 heavy (non-hydrogen) atoms. The van der Waals surface area contributed by atoms with E-state index in [0.717, 1.165) is 37.0 Å². The van der Waals surface area contributed by atoms with Gasteiger partial charge in [-0.3, -0.25) is 19.4 Å². The number of carbonyl (C=O) groups is 1. The highest BCUT2D eigenvalue weighted by Crippen LogP contribution is 2.41. The number of hydrogen-bond donors (Lipinski definition) is 2. The summed E-state index contributed by atoms with van der Waals surface area (Å²) in [7, 11) is 0. The molecule has 2 aromatic rings. The van der Waals surface area contributed by atoms with Crippen LogP contribution in [0.5, 0.6) is 5.75 Å². The minimum atomic E-state index is -0.201. The number of thioether (sulfide) groups is 1. The summed E-state index contributed by atoms with van der Waals surface area (Å²) in [4.78, 5) is 25.4. The maximum absolute atomic E-state index is 13.0. The first-order valence-corrected chi connectivity index (χ1v) is 11.3. The molecule has 1 aromatic carbocycles. The summed E-state index contributed by atoms with van der Waals surface area (Å²) in [5.74, 6) is 1.66. The molecule has 1 amide bonds. The predicted molar refractivity (Wildman–Crippen MR) is 117 cm³/mol. The first-order chi connectivity index (χ1) is 14.2. The zero-order valence-electron chi connectivity index (χ0n) is 16.5. The van der Waals surface area contributed by atoms with Crippen LogP contribution in [0.15, 0.2) is 41.7 Å². The van der Waals surface area contributed by atoms with E-state index in [9.17, 15) is 9.59 Å². The van der Waals surface area contributed by atoms with E-state index in [1.807, 2.05) is 28.9 Å². The van der Waals surface area contributed by atoms with Crippen molar-refractivity contribution < 1.29 is 9.53 Å². The van der Waals surface area contributed by atoms with Crippen LogP contribution >= 0.6 is 11.8 Å². The fourth-order valence-electron chi connectivity index (χ4n) is 4.19. The Hall–Kier alpha value is -2.41. The number of fused-ring (bicyclic) bond motifs is 1. The molecule has 0 radical (unpaired) electrons. The van der Waals surface area contributed by atoms with Gasteiger partial charge >= 0.3 is 0 Å². The second kappa shape index (κ2) is 8.95. The molecule has 1 unspecified atom stereocenters. The lowest BCUT2D eigenvalue weighted by atomic mass is 10.1. The number of amides is 1. The number of nitrogens with zero attached hydrogens (tertiary/aromatic N) is 1. The zero-order chi connectivity index (χ0) is 20.2. The number of anilines is 1. The molecule has 1 aromatic heterocycles. The molecule has 4 rings (SSSR count). The molecule has 154 valence electrons. The van der Waals surface area contributed by atoms with Gasteiger partial charge in [0.2, 0.25) is 5.91 Å². The molecule has 0 bridgehead atoms. The highest BCUT2D eigenvalue weighted by molar-refractivity contribution is 8.00. The molecule has 0 spiro atoms. The summed E-state index contributed by atoms with van der Waals surface area (Å²) in [6.45, 7) is 4.11. The standard InChI is InChI=1S/C22H27N3O3S/c1-2-13-28-17-11-9-15(10-12-17)20-19-21(23-18(26)14-29-20)25(24-22(19)27)16-7-5-3-4-6-8-16/h2,9-12,16,20H,1,3-8,13-14H2,(H,23,26)(H,24,27). The molecule has 1 aliphatic heterocycles. The quantitative estimate of drug-likeness (QED) is 0.562. The van der Waals surface area contributed by atoms with E-state index < -0.39 is 0 Å². The number of ether oxygens (including phenoxy) is 1. The van der Waals surface area contributed by atoms with Crippen LogP contribution < -0.4 is 15.6 Å². The van der Waals surface area contributed by atoms with Gasteiger partial charge in [0.25, 0.3) is 5.56 Å². The summed E-state index contributed by atoms with van der Waals surface area (Å²) in [6.07, 6.45) is 8.52. The van der Waals surface area contributed by atoms with E-state index >= 15 is 0 Å². The van der Waals surface area contributed by atoms with E-state index in [-0.39, 0.29) is 22.8 Å². The van der Waals surface area contributed by atoms with Crippen molar-refractivity contribution in [3.8, 4) is 5.75 Å². The molecular formula is C22H27N3O3S. The predicted octanol–water partition coefficient (Wildman–Crippen LogP) is 4.41. The molecule has 7 heteroatoms. The number of H-pyrrole nitrogens is 1. The largest absolute Gasteiger partial charge is 0.490 e. The van der Waals surface area contributed by atoms with Gasteiger partial charge in [-0.25, -0.2) is 0 Å². The van der Waals surface area contributed by atoms with Crippen LogP contribution in [0.1, 0.15) is 60.9 Å². The van der Waals surface area contributed by atoms with Gasteiger partial charge < -0.3 is 10.1 Å². The molecule has 0 saturated heterocycles. The fraction of sp³-hybridized carbons (Fsp3) is 0.455. The number of benzene rings is 1. The SMILES string of the molecule is C=CCOc1ccc(C2SCC(=O)Nc3c2c(=O)[nH]n3C2CCCCCC2)cc1. The Balaban J connectivity index is 1.70. The Morgan fingerprint density at radius 2 is 1.86 bits per heavy atom. The van der Waals surface area contributed by atoms with Crippen molar-refractivity contribution in [1.82, 2.24) is 9.78 Å². The van der Waals surface area contributed by atoms with E-state index in [0.29, 0.717) is 23.7 Å². The van der Waals surface area contributed by atoms with E-state index in [1.165, 1.54) is 24.6 Å². The van der Waals surface area contributed by atoms with Crippen molar-refractivity contribution in [2.45, 2.75) is 49.8 Å². The summed E-state index contributed by atoms with van der Waals surface area (Å²) in [5.41, 5.74) is 1.52. The van der Waals surface area contributed by atoms with Gasteiger partial charge in [0.15, 0.2) is 0 Å². The highest BCUT2D eigenvalue weighted by atomic mass is 32.2. The Morgan fingerprint density at radius 1 is 1.14 bits per heavy atom. The third kappa shape index (κ3) is 4.29. The normalized spacial score (nSPS) is 20.3. The smallest absolute Gasteiger partial charge is 0.270 e. The number of nitrogens with one attached hydrogen (secondary N) is 2. The van der Waals surface area contributed by atoms with Gasteiger partial charge in [-0.05, 0) is 30.5 Å². The number of rotatable bonds is 5. The first kappa shape index (κ1) is 19.9. The van der Waals surface area contributed by atoms with Crippen molar-refractivity contribution in [3.05, 3.63) is 58.4 Å². The van der Waals surface area contributed by atoms with Gasteiger partial charge in [-0.1, -0.05) is 50.5 Å². The van der Waals surface area contributed by atoms with Gasteiger partial charge in [-0.2, -0.15) is 0 Å². The highest BCUT2D eigenvalue weighted by Gasteiger charge is 2.32. The van der Waals surface area contributed by atoms with Crippen LogP contribution in [-0.4, -0.2) is 28.0 Å². The van der Waals surface area contributed by atoms with Gasteiger partial charge in [-0.15, -0.1) is 11.8 Å². The van der Waals surface area contributed by atoms with Gasteiger partial charge in [0.1, 0.15) is 18.2 Å². The number of carbonyl (C=O) groups excluding carboxylic acids is 1. The zero-order valence-corrected chi connectivity index (χ0v) is 17.3. The van der Waals surface area contributed by atoms with Gasteiger partial charge in [0, 0.05) is 0 Å². The van der Waals surface area contributed by atoms with Crippen LogP contribution in [-0.2, 0) is 4.79 Å². The van der Waals surface area contributed by atoms with Crippen molar-refractivity contribution in [2.75, 3.05) is 17.7 Å². The lowest BCUT2D eigenvalue weighted by Gasteiger charge is -2.19. The van der Waals surface area contributed by atoms with Crippen molar-refractivity contribution in [2.24, 2.45) is 0 Å². The Labute approximate surface area is 174 Å². The number of aromatic amines is 1. The van der Waals surface area contributed by atoms with E-state index in [1.54, 1.807) is 6.08 Å². The number of aromatic nitrogens is 2. The molecule has 1 atom stereocenters. The summed E-state index contributed by atoms with van der Waals surface area (Å²) in [6, 6.07) is 7.97. The van der Waals surface area contributed by atoms with Crippen molar-refractivity contribution >= 4 is 23.5 Å². The summed E-state index contributed by atoms with van der Waals surface area (Å²) < 4.78 is 7.50. The Kier molecular flexibility index (Phi) is 6.13. The van der Waals surface area contributed by atoms with E-state index in [2.05, 4.69) is 17.0 Å². The minimum absolute atomic E-state index is 0.0638. The molecule has 2 aliphatic rings. The molecular weight excluding hydrogens is 386 g/mol. The average Bonchev–Trinajstić information content (AvgIpc) is 2.94. The Morgan fingerprint density at radius 3 is 2.55 bits per heavy atom. The summed E-state index contributed by atoms with van der Waals surface area (Å²) >= 11 is 1.49. The molecule has 1 fully saturated rings. The van der Waals surface area contributed by atoms with Crippen LogP contribution in [0.3, 0.4) is 0 Å². The fourth-order valence-corrected chi connectivity index (χ4v) is 5.32. The molecule has 1 saturated carbocycles. The second-order valence-corrected chi connectivity index (χ2v) is 8.72. The summed E-state index contributed by atoms with van der Waals surface area (Å²) in [5, 5.41) is 5.84. The van der Waals surface area contributed by atoms with Crippen LogP contribution in [0, 0.1) is 0 Å². The third-order valence-corrected chi connectivity index (χ3v) is 6.87. The molecule has 1 aliphatic carbocycles. The maximum Gasteiger partial charge on any atom is 0.270 e. The molecule has 2 heterocycles. The van der Waals surface area contributed by atoms with Crippen molar-refractivity contribution in [1.29, 1.82) is 0 Å². The van der Waals surface area contributed by atoms with E-state index in [4.69, 9.17) is 4.74 Å². The van der Waals surface area contributed by atoms with Crippen LogP contribution in [0.25, 0.3) is 0 Å². The second-order valence-electron chi connectivity index (χ2n) is 7.63. The average molecular weight is 414 g/mol. The Bertz CT molecular complexity index is 924. The maximum atomic E-state index is 13.0. The lowest BCUT2D eigenvalue weighted by molar-refractivity contribution is -0.113. The molecule has 2 N–H and O–H groups in total.